The van der Waals surface area contributed by atoms with E-state index in [0.29, 0.717) is 35.8 Å². The molecular formula is C14H17Cl2N3O3. The number of carbonyl (C=O) groups is 1. The van der Waals surface area contributed by atoms with Gasteiger partial charge in [0.1, 0.15) is 12.4 Å². The zero-order chi connectivity index (χ0) is 15.2. The Bertz CT molecular complexity index is 595. The van der Waals surface area contributed by atoms with Gasteiger partial charge in [0.05, 0.1) is 12.1 Å². The van der Waals surface area contributed by atoms with Gasteiger partial charge < -0.3 is 20.3 Å². The second kappa shape index (κ2) is 8.63. The normalized spacial score (nSPS) is 9.95. The van der Waals surface area contributed by atoms with Crippen LogP contribution in [0.25, 0.3) is 0 Å². The molecule has 0 atom stereocenters. The molecule has 22 heavy (non-hydrogen) atoms. The van der Waals surface area contributed by atoms with E-state index in [0.717, 1.165) is 0 Å². The molecule has 6 nitrogen and oxygen atoms in total. The minimum absolute atomic E-state index is 0. The highest BCUT2D eigenvalue weighted by Gasteiger charge is 2.14. The summed E-state index contributed by atoms with van der Waals surface area (Å²) >= 11 is 5.83. The van der Waals surface area contributed by atoms with Gasteiger partial charge in [0, 0.05) is 17.8 Å². The number of hydrogen-bond acceptors (Lipinski definition) is 5. The van der Waals surface area contributed by atoms with Crippen LogP contribution in [0.4, 0.5) is 5.69 Å². The number of nitrogens with zero attached hydrogens (tertiary/aromatic N) is 1. The van der Waals surface area contributed by atoms with E-state index in [1.807, 2.05) is 0 Å². The summed E-state index contributed by atoms with van der Waals surface area (Å²) in [6.45, 7) is 2.65. The molecule has 0 aliphatic rings. The van der Waals surface area contributed by atoms with Gasteiger partial charge in [-0.2, -0.15) is 0 Å². The predicted molar refractivity (Wildman–Crippen MR) is 86.8 cm³/mol. The largest absolute Gasteiger partial charge is 0.492 e. The predicted octanol–water partition coefficient (Wildman–Crippen LogP) is 2.58. The van der Waals surface area contributed by atoms with Crippen LogP contribution in [0.3, 0.4) is 0 Å². The lowest BCUT2D eigenvalue weighted by molar-refractivity contribution is -0.115. The third-order valence-corrected chi connectivity index (χ3v) is 3.10. The van der Waals surface area contributed by atoms with Crippen LogP contribution in [0.15, 0.2) is 28.8 Å². The molecule has 0 aliphatic heterocycles. The Kier molecular flexibility index (Phi) is 7.17. The maximum Gasteiger partial charge on any atom is 0.229 e. The summed E-state index contributed by atoms with van der Waals surface area (Å²) in [6.07, 6.45) is 0.111. The average molecular weight is 346 g/mol. The maximum atomic E-state index is 12.0. The zero-order valence-electron chi connectivity index (χ0n) is 12.0. The Labute approximate surface area is 139 Å². The summed E-state index contributed by atoms with van der Waals surface area (Å²) in [5, 5.41) is 6.62. The van der Waals surface area contributed by atoms with Gasteiger partial charge in [-0.25, -0.2) is 0 Å². The standard InChI is InChI=1S/C14H16ClN3O3.ClH/c1-9-12(14(15)21-18-9)8-13(19)17-10-2-4-11(5-3-10)20-7-6-16;/h2-5H,6-8,16H2,1H3,(H,17,19);1H. The SMILES string of the molecule is Cc1noc(Cl)c1CC(=O)Nc1ccc(OCCN)cc1.Cl. The van der Waals surface area contributed by atoms with Crippen LogP contribution < -0.4 is 15.8 Å². The van der Waals surface area contributed by atoms with Crippen LogP contribution >= 0.6 is 24.0 Å². The van der Waals surface area contributed by atoms with Crippen LogP contribution in [0.1, 0.15) is 11.3 Å². The lowest BCUT2D eigenvalue weighted by atomic mass is 10.2. The van der Waals surface area contributed by atoms with Crippen molar-refractivity contribution >= 4 is 35.6 Å². The lowest BCUT2D eigenvalue weighted by Gasteiger charge is -2.07. The number of halogens is 2. The van der Waals surface area contributed by atoms with Crippen LogP contribution in [0, 0.1) is 6.92 Å². The Hall–Kier alpha value is -1.76. The Morgan fingerprint density at radius 1 is 1.41 bits per heavy atom. The van der Waals surface area contributed by atoms with Gasteiger partial charge in [-0.3, -0.25) is 4.79 Å². The van der Waals surface area contributed by atoms with Gasteiger partial charge in [-0.15, -0.1) is 12.4 Å². The van der Waals surface area contributed by atoms with Gasteiger partial charge in [0.25, 0.3) is 0 Å². The summed E-state index contributed by atoms with van der Waals surface area (Å²) in [5.74, 6) is 0.509. The van der Waals surface area contributed by atoms with Gasteiger partial charge in [-0.05, 0) is 42.8 Å². The third kappa shape index (κ3) is 4.91. The number of rotatable bonds is 6. The van der Waals surface area contributed by atoms with E-state index >= 15 is 0 Å². The van der Waals surface area contributed by atoms with E-state index in [2.05, 4.69) is 10.5 Å². The Morgan fingerprint density at radius 2 is 2.09 bits per heavy atom. The number of carbonyl (C=O) groups excluding carboxylic acids is 1. The van der Waals surface area contributed by atoms with Crippen LogP contribution in [0.2, 0.25) is 5.22 Å². The lowest BCUT2D eigenvalue weighted by Crippen LogP contribution is -2.15. The minimum atomic E-state index is -0.196. The number of nitrogens with two attached hydrogens (primary N) is 1. The summed E-state index contributed by atoms with van der Waals surface area (Å²) in [5.41, 5.74) is 7.23. The summed E-state index contributed by atoms with van der Waals surface area (Å²) in [6, 6.07) is 7.05. The van der Waals surface area contributed by atoms with Crippen molar-refractivity contribution in [3.05, 3.63) is 40.7 Å². The first-order valence-electron chi connectivity index (χ1n) is 6.43. The molecule has 0 unspecified atom stereocenters. The molecule has 0 bridgehead atoms. The summed E-state index contributed by atoms with van der Waals surface area (Å²) < 4.78 is 10.2. The van der Waals surface area contributed by atoms with E-state index in [4.69, 9.17) is 26.6 Å². The molecule has 1 aromatic carbocycles. The van der Waals surface area contributed by atoms with Gasteiger partial charge in [-0.1, -0.05) is 5.16 Å². The Balaban J connectivity index is 0.00000242. The fourth-order valence-corrected chi connectivity index (χ4v) is 1.97. The number of hydrogen-bond donors (Lipinski definition) is 2. The number of nitrogens with one attached hydrogen (secondary N) is 1. The molecule has 0 fully saturated rings. The summed E-state index contributed by atoms with van der Waals surface area (Å²) in [7, 11) is 0. The van der Waals surface area contributed by atoms with Crippen LogP contribution in [0.5, 0.6) is 5.75 Å². The van der Waals surface area contributed by atoms with Crippen LogP contribution in [-0.2, 0) is 11.2 Å². The molecular weight excluding hydrogens is 329 g/mol. The highest BCUT2D eigenvalue weighted by molar-refractivity contribution is 6.29. The molecule has 1 aromatic heterocycles. The van der Waals surface area contributed by atoms with Crippen LogP contribution in [-0.4, -0.2) is 24.2 Å². The van der Waals surface area contributed by atoms with Gasteiger partial charge >= 0.3 is 0 Å². The first-order valence-corrected chi connectivity index (χ1v) is 6.81. The number of benzene rings is 1. The van der Waals surface area contributed by atoms with Crippen molar-refractivity contribution in [2.24, 2.45) is 5.73 Å². The first-order chi connectivity index (χ1) is 10.1. The van der Waals surface area contributed by atoms with Crippen molar-refractivity contribution in [3.8, 4) is 5.75 Å². The monoisotopic (exact) mass is 345 g/mol. The molecule has 0 aliphatic carbocycles. The molecule has 0 spiro atoms. The van der Waals surface area contributed by atoms with Gasteiger partial charge in [0.2, 0.25) is 11.1 Å². The third-order valence-electron chi connectivity index (χ3n) is 2.80. The Morgan fingerprint density at radius 3 is 2.64 bits per heavy atom. The van der Waals surface area contributed by atoms with E-state index in [-0.39, 0.29) is 30.0 Å². The number of ether oxygens (including phenoxy) is 1. The average Bonchev–Trinajstić information content (AvgIpc) is 2.78. The molecule has 0 saturated carbocycles. The fourth-order valence-electron chi connectivity index (χ4n) is 1.74. The van der Waals surface area contributed by atoms with E-state index in [1.165, 1.54) is 0 Å². The van der Waals surface area contributed by atoms with E-state index in [1.54, 1.807) is 31.2 Å². The number of aryl methyl sites for hydroxylation is 1. The molecule has 8 heteroatoms. The van der Waals surface area contributed by atoms with Crippen molar-refractivity contribution in [1.29, 1.82) is 0 Å². The highest BCUT2D eigenvalue weighted by Crippen LogP contribution is 2.20. The maximum absolute atomic E-state index is 12.0. The first kappa shape index (κ1) is 18.3. The topological polar surface area (TPSA) is 90.4 Å². The highest BCUT2D eigenvalue weighted by atomic mass is 35.5. The van der Waals surface area contributed by atoms with Crippen molar-refractivity contribution in [2.45, 2.75) is 13.3 Å². The van der Waals surface area contributed by atoms with Crippen molar-refractivity contribution in [3.63, 3.8) is 0 Å². The quantitative estimate of drug-likeness (QED) is 0.839. The van der Waals surface area contributed by atoms with E-state index < -0.39 is 0 Å². The van der Waals surface area contributed by atoms with Crippen molar-refractivity contribution in [2.75, 3.05) is 18.5 Å². The minimum Gasteiger partial charge on any atom is -0.492 e. The zero-order valence-corrected chi connectivity index (χ0v) is 13.5. The second-order valence-electron chi connectivity index (χ2n) is 4.41. The van der Waals surface area contributed by atoms with E-state index in [9.17, 15) is 4.79 Å². The molecule has 0 saturated heterocycles. The number of amides is 1. The molecule has 0 radical (unpaired) electrons. The van der Waals surface area contributed by atoms with Gasteiger partial charge in [0.15, 0.2) is 0 Å². The fraction of sp³-hybridized carbons (Fsp3) is 0.286. The molecule has 1 heterocycles. The molecule has 1 amide bonds. The molecule has 3 N–H and O–H groups in total. The second-order valence-corrected chi connectivity index (χ2v) is 4.75. The molecule has 120 valence electrons. The molecule has 2 aromatic rings. The number of anilines is 1. The van der Waals surface area contributed by atoms with Crippen molar-refractivity contribution in [1.82, 2.24) is 5.16 Å². The molecule has 2 rings (SSSR count). The summed E-state index contributed by atoms with van der Waals surface area (Å²) in [4.78, 5) is 12.0. The smallest absolute Gasteiger partial charge is 0.229 e. The number of aromatic nitrogens is 1. The van der Waals surface area contributed by atoms with Crippen molar-refractivity contribution < 1.29 is 14.1 Å².